The Hall–Kier alpha value is -1.17. The van der Waals surface area contributed by atoms with Crippen LogP contribution in [-0.4, -0.2) is 43.7 Å². The van der Waals surface area contributed by atoms with Gasteiger partial charge in [-0.25, -0.2) is 4.39 Å². The summed E-state index contributed by atoms with van der Waals surface area (Å²) in [4.78, 5) is 13.9. The maximum absolute atomic E-state index is 13.5. The van der Waals surface area contributed by atoms with Crippen molar-refractivity contribution in [2.75, 3.05) is 38.2 Å². The summed E-state index contributed by atoms with van der Waals surface area (Å²) >= 11 is 5.64. The zero-order valence-electron chi connectivity index (χ0n) is 10.5. The molecule has 1 fully saturated rings. The molecule has 104 valence electrons. The van der Waals surface area contributed by atoms with E-state index in [4.69, 9.17) is 16.3 Å². The average molecular weight is 287 g/mol. The van der Waals surface area contributed by atoms with Crippen LogP contribution in [0.3, 0.4) is 0 Å². The second-order valence-electron chi connectivity index (χ2n) is 4.38. The lowest BCUT2D eigenvalue weighted by atomic mass is 10.2. The Morgan fingerprint density at radius 3 is 2.84 bits per heavy atom. The van der Waals surface area contributed by atoms with E-state index in [9.17, 15) is 9.18 Å². The highest BCUT2D eigenvalue weighted by Gasteiger charge is 2.13. The summed E-state index contributed by atoms with van der Waals surface area (Å²) in [5.41, 5.74) is 0.163. The molecule has 0 bridgehead atoms. The molecule has 0 atom stereocenters. The molecule has 1 aliphatic rings. The number of morpholine rings is 1. The molecule has 1 N–H and O–H groups in total. The molecular weight excluding hydrogens is 271 g/mol. The van der Waals surface area contributed by atoms with Crippen LogP contribution in [-0.2, 0) is 9.53 Å². The summed E-state index contributed by atoms with van der Waals surface area (Å²) in [6.45, 7) is 3.73. The van der Waals surface area contributed by atoms with Crippen molar-refractivity contribution in [2.24, 2.45) is 0 Å². The lowest BCUT2D eigenvalue weighted by Gasteiger charge is -2.26. The number of hydrogen-bond acceptors (Lipinski definition) is 3. The van der Waals surface area contributed by atoms with Crippen molar-refractivity contribution >= 4 is 23.2 Å². The van der Waals surface area contributed by atoms with Crippen molar-refractivity contribution in [3.8, 4) is 0 Å². The molecule has 1 amide bonds. The van der Waals surface area contributed by atoms with Crippen molar-refractivity contribution in [1.82, 2.24) is 4.90 Å². The van der Waals surface area contributed by atoms with E-state index < -0.39 is 5.82 Å². The van der Waals surface area contributed by atoms with Gasteiger partial charge in [-0.05, 0) is 18.2 Å². The second kappa shape index (κ2) is 6.84. The van der Waals surface area contributed by atoms with Gasteiger partial charge in [-0.2, -0.15) is 0 Å². The monoisotopic (exact) mass is 286 g/mol. The van der Waals surface area contributed by atoms with Crippen molar-refractivity contribution in [2.45, 2.75) is 6.42 Å². The van der Waals surface area contributed by atoms with Gasteiger partial charge in [-0.3, -0.25) is 9.69 Å². The Balaban J connectivity index is 1.80. The number of rotatable bonds is 4. The highest BCUT2D eigenvalue weighted by Crippen LogP contribution is 2.18. The normalized spacial score (nSPS) is 16.3. The van der Waals surface area contributed by atoms with Crippen LogP contribution >= 0.6 is 11.6 Å². The van der Waals surface area contributed by atoms with Gasteiger partial charge in [0.15, 0.2) is 0 Å². The van der Waals surface area contributed by atoms with Gasteiger partial charge in [0.05, 0.1) is 18.9 Å². The largest absolute Gasteiger partial charge is 0.379 e. The molecule has 19 heavy (non-hydrogen) atoms. The zero-order chi connectivity index (χ0) is 13.7. The number of nitrogens with one attached hydrogen (secondary N) is 1. The molecule has 0 aromatic heterocycles. The third kappa shape index (κ3) is 4.45. The molecule has 0 saturated carbocycles. The van der Waals surface area contributed by atoms with Crippen LogP contribution in [0.1, 0.15) is 6.42 Å². The fourth-order valence-corrected chi connectivity index (χ4v) is 2.05. The molecule has 1 aromatic rings. The molecule has 0 aliphatic carbocycles. The Kier molecular flexibility index (Phi) is 5.13. The number of anilines is 1. The standard InChI is InChI=1S/C13H16ClFN2O2/c14-10-1-2-12(11(15)9-10)16-13(18)3-4-17-5-7-19-8-6-17/h1-2,9H,3-8H2,(H,16,18). The van der Waals surface area contributed by atoms with Crippen molar-refractivity contribution in [3.05, 3.63) is 29.0 Å². The topological polar surface area (TPSA) is 41.6 Å². The van der Waals surface area contributed by atoms with E-state index in [0.29, 0.717) is 31.2 Å². The summed E-state index contributed by atoms with van der Waals surface area (Å²) in [5, 5.41) is 2.86. The maximum Gasteiger partial charge on any atom is 0.225 e. The first-order valence-corrected chi connectivity index (χ1v) is 6.58. The van der Waals surface area contributed by atoms with E-state index in [0.717, 1.165) is 13.1 Å². The zero-order valence-corrected chi connectivity index (χ0v) is 11.3. The molecule has 4 nitrogen and oxygen atoms in total. The van der Waals surface area contributed by atoms with Crippen molar-refractivity contribution in [1.29, 1.82) is 0 Å². The van der Waals surface area contributed by atoms with Gasteiger partial charge in [0, 0.05) is 31.1 Å². The third-order valence-corrected chi connectivity index (χ3v) is 3.20. The van der Waals surface area contributed by atoms with E-state index in [2.05, 4.69) is 10.2 Å². The molecule has 0 radical (unpaired) electrons. The number of benzene rings is 1. The van der Waals surface area contributed by atoms with Crippen LogP contribution in [0.25, 0.3) is 0 Å². The first-order valence-electron chi connectivity index (χ1n) is 6.20. The van der Waals surface area contributed by atoms with Crippen LogP contribution in [0, 0.1) is 5.82 Å². The lowest BCUT2D eigenvalue weighted by Crippen LogP contribution is -2.38. The number of amides is 1. The van der Waals surface area contributed by atoms with Crippen molar-refractivity contribution in [3.63, 3.8) is 0 Å². The van der Waals surface area contributed by atoms with Crippen LogP contribution < -0.4 is 5.32 Å². The minimum atomic E-state index is -0.521. The highest BCUT2D eigenvalue weighted by molar-refractivity contribution is 6.30. The van der Waals surface area contributed by atoms with Crippen LogP contribution in [0.2, 0.25) is 5.02 Å². The van der Waals surface area contributed by atoms with Gasteiger partial charge in [0.2, 0.25) is 5.91 Å². The molecule has 1 saturated heterocycles. The van der Waals surface area contributed by atoms with Gasteiger partial charge < -0.3 is 10.1 Å². The van der Waals surface area contributed by atoms with Crippen LogP contribution in [0.4, 0.5) is 10.1 Å². The molecule has 0 unspecified atom stereocenters. The van der Waals surface area contributed by atoms with E-state index in [1.54, 1.807) is 6.07 Å². The fraction of sp³-hybridized carbons (Fsp3) is 0.462. The highest BCUT2D eigenvalue weighted by atomic mass is 35.5. The molecule has 6 heteroatoms. The van der Waals surface area contributed by atoms with Gasteiger partial charge >= 0.3 is 0 Å². The smallest absolute Gasteiger partial charge is 0.225 e. The molecule has 2 rings (SSSR count). The summed E-state index contributed by atoms with van der Waals surface area (Å²) < 4.78 is 18.7. The number of carbonyl (C=O) groups is 1. The van der Waals surface area contributed by atoms with Gasteiger partial charge in [0.1, 0.15) is 5.82 Å². The lowest BCUT2D eigenvalue weighted by molar-refractivity contribution is -0.116. The number of ether oxygens (including phenoxy) is 1. The SMILES string of the molecule is O=C(CCN1CCOCC1)Nc1ccc(Cl)cc1F. The van der Waals surface area contributed by atoms with E-state index in [1.807, 2.05) is 0 Å². The van der Waals surface area contributed by atoms with E-state index >= 15 is 0 Å². The van der Waals surface area contributed by atoms with Gasteiger partial charge in [-0.15, -0.1) is 0 Å². The Morgan fingerprint density at radius 2 is 2.16 bits per heavy atom. The molecular formula is C13H16ClFN2O2. The van der Waals surface area contributed by atoms with Gasteiger partial charge in [-0.1, -0.05) is 11.6 Å². The summed E-state index contributed by atoms with van der Waals surface area (Å²) in [7, 11) is 0. The summed E-state index contributed by atoms with van der Waals surface area (Å²) in [6, 6.07) is 4.19. The fourth-order valence-electron chi connectivity index (χ4n) is 1.89. The number of halogens is 2. The third-order valence-electron chi connectivity index (χ3n) is 2.96. The van der Waals surface area contributed by atoms with E-state index in [-0.39, 0.29) is 11.6 Å². The van der Waals surface area contributed by atoms with Crippen LogP contribution in [0.5, 0.6) is 0 Å². The number of hydrogen-bond donors (Lipinski definition) is 1. The quantitative estimate of drug-likeness (QED) is 0.922. The predicted octanol–water partition coefficient (Wildman–Crippen LogP) is 2.14. The first-order chi connectivity index (χ1) is 9.15. The summed E-state index contributed by atoms with van der Waals surface area (Å²) in [6.07, 6.45) is 0.335. The van der Waals surface area contributed by atoms with Gasteiger partial charge in [0.25, 0.3) is 0 Å². The Bertz CT molecular complexity index is 450. The second-order valence-corrected chi connectivity index (χ2v) is 4.81. The minimum absolute atomic E-state index is 0.163. The number of carbonyl (C=O) groups excluding carboxylic acids is 1. The Morgan fingerprint density at radius 1 is 1.42 bits per heavy atom. The van der Waals surface area contributed by atoms with E-state index in [1.165, 1.54) is 12.1 Å². The number of nitrogens with zero attached hydrogens (tertiary/aromatic N) is 1. The predicted molar refractivity (Wildman–Crippen MR) is 71.9 cm³/mol. The molecule has 1 aliphatic heterocycles. The van der Waals surface area contributed by atoms with Crippen molar-refractivity contribution < 1.29 is 13.9 Å². The van der Waals surface area contributed by atoms with Crippen LogP contribution in [0.15, 0.2) is 18.2 Å². The first kappa shape index (κ1) is 14.2. The molecule has 0 spiro atoms. The minimum Gasteiger partial charge on any atom is -0.379 e. The molecule has 1 aromatic carbocycles. The summed E-state index contributed by atoms with van der Waals surface area (Å²) in [5.74, 6) is -0.722. The molecule has 1 heterocycles. The average Bonchev–Trinajstić information content (AvgIpc) is 2.41. The maximum atomic E-state index is 13.5. The Labute approximate surface area is 116 Å².